The lowest BCUT2D eigenvalue weighted by Gasteiger charge is -2.09. The van der Waals surface area contributed by atoms with Crippen LogP contribution >= 0.6 is 0 Å². The number of rotatable bonds is 6. The number of anilines is 1. The summed E-state index contributed by atoms with van der Waals surface area (Å²) in [6, 6.07) is 5.99. The lowest BCUT2D eigenvalue weighted by molar-refractivity contribution is -0.111. The molecule has 0 saturated heterocycles. The van der Waals surface area contributed by atoms with Gasteiger partial charge < -0.3 is 14.8 Å². The Morgan fingerprint density at radius 3 is 2.48 bits per heavy atom. The number of carbonyl (C=O) groups is 1. The highest BCUT2D eigenvalue weighted by atomic mass is 19.2. The standard InChI is InChI=1S/C18H16F3NO3/c1-3-25-17-8-11(4-6-16(17)24-2)5-7-18(23)22-15-10-13(20)12(19)9-14(15)21/h4-10H,3H2,1-2H3,(H,22,23)/b7-5+. The molecule has 0 aromatic heterocycles. The van der Waals surface area contributed by atoms with E-state index in [1.807, 2.05) is 6.92 Å². The minimum absolute atomic E-state index is 0.368. The molecule has 2 aromatic carbocycles. The van der Waals surface area contributed by atoms with Gasteiger partial charge in [0.1, 0.15) is 5.82 Å². The van der Waals surface area contributed by atoms with Crippen molar-refractivity contribution < 1.29 is 27.4 Å². The maximum Gasteiger partial charge on any atom is 0.248 e. The summed E-state index contributed by atoms with van der Waals surface area (Å²) >= 11 is 0. The van der Waals surface area contributed by atoms with Gasteiger partial charge in [0.2, 0.25) is 5.91 Å². The van der Waals surface area contributed by atoms with Crippen LogP contribution in [-0.4, -0.2) is 19.6 Å². The fraction of sp³-hybridized carbons (Fsp3) is 0.167. The van der Waals surface area contributed by atoms with Crippen molar-refractivity contribution in [3.8, 4) is 11.5 Å². The van der Waals surface area contributed by atoms with Gasteiger partial charge in [-0.3, -0.25) is 4.79 Å². The summed E-state index contributed by atoms with van der Waals surface area (Å²) in [4.78, 5) is 11.8. The summed E-state index contributed by atoms with van der Waals surface area (Å²) in [5.74, 6) is -3.28. The van der Waals surface area contributed by atoms with Gasteiger partial charge in [-0.05, 0) is 30.7 Å². The Morgan fingerprint density at radius 1 is 1.08 bits per heavy atom. The molecule has 7 heteroatoms. The van der Waals surface area contributed by atoms with Gasteiger partial charge in [0.05, 0.1) is 19.4 Å². The molecule has 1 N–H and O–H groups in total. The first kappa shape index (κ1) is 18.4. The monoisotopic (exact) mass is 351 g/mol. The van der Waals surface area contributed by atoms with Crippen molar-refractivity contribution >= 4 is 17.7 Å². The van der Waals surface area contributed by atoms with Crippen LogP contribution in [0, 0.1) is 17.5 Å². The molecule has 0 saturated carbocycles. The molecule has 0 aliphatic rings. The van der Waals surface area contributed by atoms with Crippen LogP contribution in [0.2, 0.25) is 0 Å². The number of amides is 1. The molecular formula is C18H16F3NO3. The Hall–Kier alpha value is -2.96. The van der Waals surface area contributed by atoms with E-state index in [1.165, 1.54) is 13.2 Å². The smallest absolute Gasteiger partial charge is 0.248 e. The number of carbonyl (C=O) groups excluding carboxylic acids is 1. The van der Waals surface area contributed by atoms with E-state index in [1.54, 1.807) is 18.2 Å². The van der Waals surface area contributed by atoms with Crippen molar-refractivity contribution in [1.29, 1.82) is 0 Å². The Morgan fingerprint density at radius 2 is 1.80 bits per heavy atom. The fourth-order valence-corrected chi connectivity index (χ4v) is 2.03. The Kier molecular flexibility index (Phi) is 6.05. The summed E-state index contributed by atoms with van der Waals surface area (Å²) in [6.45, 7) is 2.27. The van der Waals surface area contributed by atoms with Gasteiger partial charge in [-0.1, -0.05) is 6.07 Å². The van der Waals surface area contributed by atoms with Gasteiger partial charge in [-0.2, -0.15) is 0 Å². The highest BCUT2D eigenvalue weighted by Crippen LogP contribution is 2.28. The molecule has 0 aliphatic heterocycles. The van der Waals surface area contributed by atoms with Gasteiger partial charge in [0, 0.05) is 18.2 Å². The molecule has 0 fully saturated rings. The zero-order valence-corrected chi connectivity index (χ0v) is 13.6. The second kappa shape index (κ2) is 8.23. The second-order valence-corrected chi connectivity index (χ2v) is 4.91. The highest BCUT2D eigenvalue weighted by molar-refractivity contribution is 6.02. The fourth-order valence-electron chi connectivity index (χ4n) is 2.03. The van der Waals surface area contributed by atoms with Gasteiger partial charge in [0.25, 0.3) is 0 Å². The summed E-state index contributed by atoms with van der Waals surface area (Å²) < 4.78 is 50.1. The Bertz CT molecular complexity index is 806. The zero-order chi connectivity index (χ0) is 18.4. The van der Waals surface area contributed by atoms with Crippen LogP contribution in [-0.2, 0) is 4.79 Å². The Labute approximate surface area is 142 Å². The first-order valence-electron chi connectivity index (χ1n) is 7.39. The van der Waals surface area contributed by atoms with E-state index in [4.69, 9.17) is 9.47 Å². The number of benzene rings is 2. The van der Waals surface area contributed by atoms with E-state index < -0.39 is 29.0 Å². The SMILES string of the molecule is CCOc1cc(/C=C/C(=O)Nc2cc(F)c(F)cc2F)ccc1OC. The summed E-state index contributed by atoms with van der Waals surface area (Å²) in [6.07, 6.45) is 2.60. The minimum Gasteiger partial charge on any atom is -0.493 e. The van der Waals surface area contributed by atoms with Gasteiger partial charge >= 0.3 is 0 Å². The molecular weight excluding hydrogens is 335 g/mol. The molecule has 132 valence electrons. The lowest BCUT2D eigenvalue weighted by atomic mass is 10.2. The third-order valence-corrected chi connectivity index (χ3v) is 3.18. The van der Waals surface area contributed by atoms with Crippen LogP contribution in [0.4, 0.5) is 18.9 Å². The van der Waals surface area contributed by atoms with E-state index in [0.717, 1.165) is 6.08 Å². The maximum absolute atomic E-state index is 13.5. The largest absolute Gasteiger partial charge is 0.493 e. The molecule has 0 unspecified atom stereocenters. The first-order valence-corrected chi connectivity index (χ1v) is 7.39. The quantitative estimate of drug-likeness (QED) is 0.628. The van der Waals surface area contributed by atoms with Crippen LogP contribution in [0.5, 0.6) is 11.5 Å². The van der Waals surface area contributed by atoms with E-state index in [2.05, 4.69) is 5.32 Å². The van der Waals surface area contributed by atoms with E-state index in [9.17, 15) is 18.0 Å². The molecule has 25 heavy (non-hydrogen) atoms. The van der Waals surface area contributed by atoms with Crippen LogP contribution in [0.3, 0.4) is 0 Å². The minimum atomic E-state index is -1.33. The number of ether oxygens (including phenoxy) is 2. The summed E-state index contributed by atoms with van der Waals surface area (Å²) in [5.41, 5.74) is 0.198. The van der Waals surface area contributed by atoms with E-state index in [-0.39, 0.29) is 0 Å². The van der Waals surface area contributed by atoms with Crippen molar-refractivity contribution in [2.75, 3.05) is 19.0 Å². The molecule has 2 aromatic rings. The molecule has 4 nitrogen and oxygen atoms in total. The maximum atomic E-state index is 13.5. The summed E-state index contributed by atoms with van der Waals surface area (Å²) in [5, 5.41) is 2.15. The average Bonchev–Trinajstić information content (AvgIpc) is 2.58. The molecule has 0 heterocycles. The zero-order valence-electron chi connectivity index (χ0n) is 13.6. The average molecular weight is 351 g/mol. The van der Waals surface area contributed by atoms with E-state index in [0.29, 0.717) is 35.8 Å². The second-order valence-electron chi connectivity index (χ2n) is 4.91. The van der Waals surface area contributed by atoms with Crippen molar-refractivity contribution in [3.63, 3.8) is 0 Å². The van der Waals surface area contributed by atoms with Gasteiger partial charge in [-0.25, -0.2) is 13.2 Å². The molecule has 0 atom stereocenters. The third kappa shape index (κ3) is 4.76. The topological polar surface area (TPSA) is 47.6 Å². The Balaban J connectivity index is 2.12. The molecule has 0 aliphatic carbocycles. The van der Waals surface area contributed by atoms with Gasteiger partial charge in [-0.15, -0.1) is 0 Å². The highest BCUT2D eigenvalue weighted by Gasteiger charge is 2.11. The molecule has 0 bridgehead atoms. The van der Waals surface area contributed by atoms with Crippen molar-refractivity contribution in [2.24, 2.45) is 0 Å². The third-order valence-electron chi connectivity index (χ3n) is 3.18. The van der Waals surface area contributed by atoms with Crippen LogP contribution in [0.25, 0.3) is 6.08 Å². The van der Waals surface area contributed by atoms with Crippen molar-refractivity contribution in [3.05, 3.63) is 59.4 Å². The van der Waals surface area contributed by atoms with Crippen LogP contribution < -0.4 is 14.8 Å². The molecule has 0 spiro atoms. The molecule has 0 radical (unpaired) electrons. The van der Waals surface area contributed by atoms with Gasteiger partial charge in [0.15, 0.2) is 23.1 Å². The molecule has 2 rings (SSSR count). The number of hydrogen-bond donors (Lipinski definition) is 1. The number of hydrogen-bond acceptors (Lipinski definition) is 3. The lowest BCUT2D eigenvalue weighted by Crippen LogP contribution is -2.10. The number of halogens is 3. The first-order chi connectivity index (χ1) is 11.9. The number of methoxy groups -OCH3 is 1. The van der Waals surface area contributed by atoms with Crippen molar-refractivity contribution in [2.45, 2.75) is 6.92 Å². The predicted octanol–water partition coefficient (Wildman–Crippen LogP) is 4.16. The van der Waals surface area contributed by atoms with Crippen LogP contribution in [0.1, 0.15) is 12.5 Å². The summed E-state index contributed by atoms with van der Waals surface area (Å²) in [7, 11) is 1.51. The van der Waals surface area contributed by atoms with Crippen molar-refractivity contribution in [1.82, 2.24) is 0 Å². The van der Waals surface area contributed by atoms with Crippen LogP contribution in [0.15, 0.2) is 36.4 Å². The molecule has 1 amide bonds. The predicted molar refractivity (Wildman–Crippen MR) is 88.1 cm³/mol. The number of nitrogens with one attached hydrogen (secondary N) is 1. The normalized spacial score (nSPS) is 10.8. The van der Waals surface area contributed by atoms with E-state index >= 15 is 0 Å².